The van der Waals surface area contributed by atoms with Gasteiger partial charge in [-0.2, -0.15) is 0 Å². The summed E-state index contributed by atoms with van der Waals surface area (Å²) in [6.07, 6.45) is 2.40. The number of aromatic nitrogens is 1. The number of hydrogen-bond donors (Lipinski definition) is 1. The average Bonchev–Trinajstić information content (AvgIpc) is 2.58. The van der Waals surface area contributed by atoms with Crippen LogP contribution in [0.25, 0.3) is 0 Å². The molecule has 0 fully saturated rings. The summed E-state index contributed by atoms with van der Waals surface area (Å²) < 4.78 is 0. The van der Waals surface area contributed by atoms with Gasteiger partial charge in [-0.05, 0) is 50.1 Å². The predicted octanol–water partition coefficient (Wildman–Crippen LogP) is 3.55. The van der Waals surface area contributed by atoms with E-state index in [1.165, 1.54) is 0 Å². The van der Waals surface area contributed by atoms with E-state index >= 15 is 0 Å². The number of nitrogens with zero attached hydrogens (tertiary/aromatic N) is 2. The molecule has 1 aromatic heterocycles. The highest BCUT2D eigenvalue weighted by molar-refractivity contribution is 6.30. The topological polar surface area (TPSA) is 45.2 Å². The molecule has 1 heterocycles. The zero-order valence-corrected chi connectivity index (χ0v) is 14.3. The van der Waals surface area contributed by atoms with Gasteiger partial charge in [0.15, 0.2) is 0 Å². The fraction of sp³-hybridized carbons (Fsp3) is 0.333. The molecule has 122 valence electrons. The van der Waals surface area contributed by atoms with Crippen LogP contribution in [0, 0.1) is 0 Å². The zero-order valence-electron chi connectivity index (χ0n) is 13.6. The Kier molecular flexibility index (Phi) is 6.41. The van der Waals surface area contributed by atoms with E-state index in [1.54, 1.807) is 6.20 Å². The van der Waals surface area contributed by atoms with Gasteiger partial charge >= 0.3 is 0 Å². The Hall–Kier alpha value is -2.07. The lowest BCUT2D eigenvalue weighted by molar-refractivity contribution is 0.0954. The minimum absolute atomic E-state index is 0.0995. The molecule has 0 aliphatic carbocycles. The van der Waals surface area contributed by atoms with Crippen LogP contribution in [0.3, 0.4) is 0 Å². The quantitative estimate of drug-likeness (QED) is 0.843. The molecule has 2 rings (SSSR count). The minimum Gasteiger partial charge on any atom is -0.357 e. The molecule has 2 aromatic rings. The predicted molar refractivity (Wildman–Crippen MR) is 95.3 cm³/mol. The summed E-state index contributed by atoms with van der Waals surface area (Å²) in [7, 11) is 0. The van der Waals surface area contributed by atoms with Crippen LogP contribution in [0.5, 0.6) is 0 Å². The van der Waals surface area contributed by atoms with Gasteiger partial charge in [0.1, 0.15) is 5.82 Å². The first-order chi connectivity index (χ1) is 11.1. The standard InChI is InChI=1S/C18H22ClN3O/c1-3-22(4-2)17-10-7-15(13-21-17)18(23)20-12-11-14-5-8-16(19)9-6-14/h5-10,13H,3-4,11-12H2,1-2H3,(H,20,23). The van der Waals surface area contributed by atoms with Gasteiger partial charge in [-0.3, -0.25) is 4.79 Å². The number of rotatable bonds is 7. The summed E-state index contributed by atoms with van der Waals surface area (Å²) in [4.78, 5) is 18.6. The second kappa shape index (κ2) is 8.53. The summed E-state index contributed by atoms with van der Waals surface area (Å²) in [5, 5.41) is 3.63. The van der Waals surface area contributed by atoms with Crippen molar-refractivity contribution in [2.24, 2.45) is 0 Å². The zero-order chi connectivity index (χ0) is 16.7. The van der Waals surface area contributed by atoms with Gasteiger partial charge < -0.3 is 10.2 Å². The van der Waals surface area contributed by atoms with Gasteiger partial charge in [-0.25, -0.2) is 4.98 Å². The van der Waals surface area contributed by atoms with Gasteiger partial charge in [-0.15, -0.1) is 0 Å². The van der Waals surface area contributed by atoms with Gasteiger partial charge in [0.2, 0.25) is 0 Å². The van der Waals surface area contributed by atoms with Gasteiger partial charge in [-0.1, -0.05) is 23.7 Å². The third kappa shape index (κ3) is 4.96. The number of halogens is 1. The van der Waals surface area contributed by atoms with E-state index in [0.717, 1.165) is 35.9 Å². The van der Waals surface area contributed by atoms with Crippen molar-refractivity contribution in [2.75, 3.05) is 24.5 Å². The molecule has 0 bridgehead atoms. The number of anilines is 1. The fourth-order valence-corrected chi connectivity index (χ4v) is 2.45. The van der Waals surface area contributed by atoms with Crippen LogP contribution in [0.15, 0.2) is 42.6 Å². The van der Waals surface area contributed by atoms with Crippen molar-refractivity contribution in [1.82, 2.24) is 10.3 Å². The second-order valence-corrected chi connectivity index (χ2v) is 5.65. The lowest BCUT2D eigenvalue weighted by Gasteiger charge is -2.19. The lowest BCUT2D eigenvalue weighted by Crippen LogP contribution is -2.26. The van der Waals surface area contributed by atoms with Crippen LogP contribution in [0.1, 0.15) is 29.8 Å². The SMILES string of the molecule is CCN(CC)c1ccc(C(=O)NCCc2ccc(Cl)cc2)cn1. The summed E-state index contributed by atoms with van der Waals surface area (Å²) in [6.45, 7) is 6.55. The average molecular weight is 332 g/mol. The highest BCUT2D eigenvalue weighted by Crippen LogP contribution is 2.11. The van der Waals surface area contributed by atoms with E-state index in [0.29, 0.717) is 12.1 Å². The normalized spacial score (nSPS) is 10.4. The highest BCUT2D eigenvalue weighted by atomic mass is 35.5. The Morgan fingerprint density at radius 3 is 2.39 bits per heavy atom. The molecule has 0 aliphatic heterocycles. The molecule has 0 atom stereocenters. The van der Waals surface area contributed by atoms with E-state index < -0.39 is 0 Å². The molecule has 1 N–H and O–H groups in total. The lowest BCUT2D eigenvalue weighted by atomic mass is 10.1. The van der Waals surface area contributed by atoms with Crippen molar-refractivity contribution in [3.8, 4) is 0 Å². The van der Waals surface area contributed by atoms with E-state index in [-0.39, 0.29) is 5.91 Å². The number of nitrogens with one attached hydrogen (secondary N) is 1. The molecule has 5 heteroatoms. The van der Waals surface area contributed by atoms with Crippen LogP contribution in [-0.4, -0.2) is 30.5 Å². The third-order valence-corrected chi connectivity index (χ3v) is 3.96. The maximum atomic E-state index is 12.1. The van der Waals surface area contributed by atoms with Crippen molar-refractivity contribution in [3.05, 3.63) is 58.7 Å². The molecular formula is C18H22ClN3O. The minimum atomic E-state index is -0.0995. The molecule has 0 saturated carbocycles. The molecule has 1 amide bonds. The Morgan fingerprint density at radius 2 is 1.83 bits per heavy atom. The van der Waals surface area contributed by atoms with Crippen LogP contribution in [0.4, 0.5) is 5.82 Å². The van der Waals surface area contributed by atoms with Crippen molar-refractivity contribution in [3.63, 3.8) is 0 Å². The largest absolute Gasteiger partial charge is 0.357 e. The molecule has 0 unspecified atom stereocenters. The van der Waals surface area contributed by atoms with Gasteiger partial charge in [0, 0.05) is 30.9 Å². The summed E-state index contributed by atoms with van der Waals surface area (Å²) >= 11 is 5.85. The van der Waals surface area contributed by atoms with Crippen LogP contribution < -0.4 is 10.2 Å². The second-order valence-electron chi connectivity index (χ2n) is 5.21. The molecule has 1 aromatic carbocycles. The fourth-order valence-electron chi connectivity index (χ4n) is 2.33. The maximum absolute atomic E-state index is 12.1. The molecule has 0 saturated heterocycles. The monoisotopic (exact) mass is 331 g/mol. The Bertz CT molecular complexity index is 622. The first kappa shape index (κ1) is 17.3. The smallest absolute Gasteiger partial charge is 0.252 e. The first-order valence-corrected chi connectivity index (χ1v) is 8.25. The maximum Gasteiger partial charge on any atom is 0.252 e. The first-order valence-electron chi connectivity index (χ1n) is 7.87. The summed E-state index contributed by atoms with van der Waals surface area (Å²) in [5.41, 5.74) is 1.72. The number of carbonyl (C=O) groups is 1. The van der Waals surface area contributed by atoms with Gasteiger partial charge in [0.25, 0.3) is 5.91 Å². The number of pyridine rings is 1. The summed E-state index contributed by atoms with van der Waals surface area (Å²) in [5.74, 6) is 0.797. The van der Waals surface area contributed by atoms with Crippen LogP contribution >= 0.6 is 11.6 Å². The van der Waals surface area contributed by atoms with Crippen LogP contribution in [0.2, 0.25) is 5.02 Å². The Morgan fingerprint density at radius 1 is 1.13 bits per heavy atom. The number of benzene rings is 1. The van der Waals surface area contributed by atoms with E-state index in [1.807, 2.05) is 36.4 Å². The third-order valence-electron chi connectivity index (χ3n) is 3.71. The molecular weight excluding hydrogens is 310 g/mol. The molecule has 0 aliphatic rings. The van der Waals surface area contributed by atoms with Crippen molar-refractivity contribution < 1.29 is 4.79 Å². The van der Waals surface area contributed by atoms with Crippen molar-refractivity contribution in [1.29, 1.82) is 0 Å². The van der Waals surface area contributed by atoms with E-state index in [4.69, 9.17) is 11.6 Å². The van der Waals surface area contributed by atoms with E-state index in [2.05, 4.69) is 29.0 Å². The van der Waals surface area contributed by atoms with E-state index in [9.17, 15) is 4.79 Å². The van der Waals surface area contributed by atoms with Crippen LogP contribution in [-0.2, 0) is 6.42 Å². The van der Waals surface area contributed by atoms with Crippen molar-refractivity contribution >= 4 is 23.3 Å². The highest BCUT2D eigenvalue weighted by Gasteiger charge is 2.08. The van der Waals surface area contributed by atoms with Gasteiger partial charge in [0.05, 0.1) is 5.56 Å². The Balaban J connectivity index is 1.86. The number of carbonyl (C=O) groups excluding carboxylic acids is 1. The molecule has 0 spiro atoms. The number of hydrogen-bond acceptors (Lipinski definition) is 3. The van der Waals surface area contributed by atoms with Crippen molar-refractivity contribution in [2.45, 2.75) is 20.3 Å². The molecule has 23 heavy (non-hydrogen) atoms. The molecule has 0 radical (unpaired) electrons. The number of amides is 1. The molecule has 4 nitrogen and oxygen atoms in total. The summed E-state index contributed by atoms with van der Waals surface area (Å²) in [6, 6.07) is 11.4. The Labute approximate surface area is 142 Å².